The third-order valence-electron chi connectivity index (χ3n) is 3.89. The molecule has 0 aliphatic heterocycles. The van der Waals surface area contributed by atoms with E-state index in [-0.39, 0.29) is 6.42 Å². The Balaban J connectivity index is 2.64. The van der Waals surface area contributed by atoms with Gasteiger partial charge in [-0.3, -0.25) is 4.78 Å². The molecule has 0 aliphatic carbocycles. The third kappa shape index (κ3) is 4.61. The summed E-state index contributed by atoms with van der Waals surface area (Å²) in [6.45, 7) is 5.14. The van der Waals surface area contributed by atoms with Crippen molar-refractivity contribution in [2.24, 2.45) is 0 Å². The molecule has 1 unspecified atom stereocenters. The predicted octanol–water partition coefficient (Wildman–Crippen LogP) is 5.37. The number of rotatable bonds is 5. The molecular formula is C17H20BrF2N3OS2. The van der Waals surface area contributed by atoms with Crippen molar-refractivity contribution in [3.8, 4) is 0 Å². The zero-order valence-corrected chi connectivity index (χ0v) is 18.1. The molecule has 26 heavy (non-hydrogen) atoms. The first-order chi connectivity index (χ1) is 12.0. The van der Waals surface area contributed by atoms with Gasteiger partial charge in [0.15, 0.2) is 5.16 Å². The van der Waals surface area contributed by atoms with E-state index in [9.17, 15) is 13.0 Å². The monoisotopic (exact) mass is 463 g/mol. The van der Waals surface area contributed by atoms with Crippen molar-refractivity contribution in [2.75, 3.05) is 6.26 Å². The number of benzene rings is 1. The zero-order chi connectivity index (χ0) is 19.7. The molecule has 0 aliphatic rings. The molecule has 0 radical (unpaired) electrons. The normalized spacial score (nSPS) is 15.5. The molecule has 2 rings (SSSR count). The minimum absolute atomic E-state index is 0.0255. The SMILES string of the molecule is CSc1ncc(Br)c([C@H](Cc2cc(F)cc(F)c2)S(=N)(=O)C(C)(C)C)n1. The van der Waals surface area contributed by atoms with Gasteiger partial charge in [0.05, 0.1) is 25.1 Å². The van der Waals surface area contributed by atoms with Gasteiger partial charge in [-0.25, -0.2) is 23.0 Å². The van der Waals surface area contributed by atoms with Gasteiger partial charge in [-0.2, -0.15) is 0 Å². The minimum atomic E-state index is -3.24. The first-order valence-electron chi connectivity index (χ1n) is 7.74. The number of nitrogens with one attached hydrogen (secondary N) is 1. The molecule has 0 spiro atoms. The highest BCUT2D eigenvalue weighted by Crippen LogP contribution is 2.38. The van der Waals surface area contributed by atoms with E-state index in [0.29, 0.717) is 20.9 Å². The number of thioether (sulfide) groups is 1. The van der Waals surface area contributed by atoms with Crippen LogP contribution in [0.3, 0.4) is 0 Å². The maximum atomic E-state index is 13.6. The van der Waals surface area contributed by atoms with E-state index in [1.54, 1.807) is 27.0 Å². The van der Waals surface area contributed by atoms with Crippen LogP contribution in [0, 0.1) is 16.4 Å². The van der Waals surface area contributed by atoms with E-state index >= 15 is 0 Å². The summed E-state index contributed by atoms with van der Waals surface area (Å²) in [5, 5.41) is -0.380. The molecular weight excluding hydrogens is 444 g/mol. The van der Waals surface area contributed by atoms with E-state index in [1.807, 2.05) is 6.26 Å². The van der Waals surface area contributed by atoms with Gasteiger partial charge in [0.2, 0.25) is 0 Å². The van der Waals surface area contributed by atoms with Crippen LogP contribution < -0.4 is 0 Å². The highest BCUT2D eigenvalue weighted by atomic mass is 79.9. The van der Waals surface area contributed by atoms with Crippen molar-refractivity contribution in [2.45, 2.75) is 42.3 Å². The molecule has 2 atom stereocenters. The Kier molecular flexibility index (Phi) is 6.45. The van der Waals surface area contributed by atoms with E-state index < -0.39 is 31.4 Å². The van der Waals surface area contributed by atoms with Crippen LogP contribution in [0.1, 0.15) is 37.3 Å². The number of aromatic nitrogens is 2. The highest BCUT2D eigenvalue weighted by Gasteiger charge is 2.37. The van der Waals surface area contributed by atoms with Crippen LogP contribution in [-0.4, -0.2) is 25.2 Å². The lowest BCUT2D eigenvalue weighted by Gasteiger charge is -2.30. The summed E-state index contributed by atoms with van der Waals surface area (Å²) < 4.78 is 48.9. The van der Waals surface area contributed by atoms with Crippen LogP contribution in [0.4, 0.5) is 8.78 Å². The molecule has 0 fully saturated rings. The fourth-order valence-corrected chi connectivity index (χ4v) is 5.17. The van der Waals surface area contributed by atoms with Crippen LogP contribution in [0.5, 0.6) is 0 Å². The maximum Gasteiger partial charge on any atom is 0.187 e. The largest absolute Gasteiger partial charge is 0.252 e. The lowest BCUT2D eigenvalue weighted by atomic mass is 10.1. The van der Waals surface area contributed by atoms with Crippen molar-refractivity contribution >= 4 is 37.4 Å². The number of hydrogen-bond donors (Lipinski definition) is 1. The Bertz CT molecular complexity index is 894. The van der Waals surface area contributed by atoms with Gasteiger partial charge >= 0.3 is 0 Å². The Morgan fingerprint density at radius 1 is 1.27 bits per heavy atom. The van der Waals surface area contributed by atoms with Crippen molar-refractivity contribution in [1.82, 2.24) is 9.97 Å². The molecule has 0 bridgehead atoms. The van der Waals surface area contributed by atoms with Gasteiger partial charge in [-0.15, -0.1) is 0 Å². The molecule has 0 amide bonds. The van der Waals surface area contributed by atoms with Crippen LogP contribution >= 0.6 is 27.7 Å². The maximum absolute atomic E-state index is 13.6. The second-order valence-electron chi connectivity index (χ2n) is 6.77. The lowest BCUT2D eigenvalue weighted by molar-refractivity contribution is 0.577. The summed E-state index contributed by atoms with van der Waals surface area (Å²) in [4.78, 5) is 8.58. The number of nitrogens with zero attached hydrogens (tertiary/aromatic N) is 2. The number of hydrogen-bond acceptors (Lipinski definition) is 5. The Morgan fingerprint density at radius 2 is 1.85 bits per heavy atom. The molecule has 1 aromatic heterocycles. The lowest BCUT2D eigenvalue weighted by Crippen LogP contribution is -2.33. The van der Waals surface area contributed by atoms with Gasteiger partial charge in [0.1, 0.15) is 11.6 Å². The molecule has 1 aromatic carbocycles. The van der Waals surface area contributed by atoms with Crippen LogP contribution in [-0.2, 0) is 16.1 Å². The summed E-state index contributed by atoms with van der Waals surface area (Å²) in [6, 6.07) is 3.17. The van der Waals surface area contributed by atoms with Gasteiger partial charge in [0, 0.05) is 17.0 Å². The third-order valence-corrected chi connectivity index (χ3v) is 8.07. The zero-order valence-electron chi connectivity index (χ0n) is 14.8. The first-order valence-corrected chi connectivity index (χ1v) is 11.4. The highest BCUT2D eigenvalue weighted by molar-refractivity contribution is 9.10. The molecule has 2 aromatic rings. The van der Waals surface area contributed by atoms with Crippen molar-refractivity contribution < 1.29 is 13.0 Å². The second-order valence-corrected chi connectivity index (χ2v) is 11.4. The molecule has 0 saturated carbocycles. The Morgan fingerprint density at radius 3 is 2.35 bits per heavy atom. The van der Waals surface area contributed by atoms with E-state index in [1.165, 1.54) is 23.9 Å². The molecule has 9 heteroatoms. The van der Waals surface area contributed by atoms with E-state index in [4.69, 9.17) is 4.78 Å². The summed E-state index contributed by atoms with van der Waals surface area (Å²) in [6.07, 6.45) is 3.38. The second kappa shape index (κ2) is 7.90. The predicted molar refractivity (Wildman–Crippen MR) is 105 cm³/mol. The van der Waals surface area contributed by atoms with Crippen molar-refractivity contribution in [3.63, 3.8) is 0 Å². The molecule has 0 saturated heterocycles. The van der Waals surface area contributed by atoms with Crippen LogP contribution in [0.25, 0.3) is 0 Å². The summed E-state index contributed by atoms with van der Waals surface area (Å²) >= 11 is 4.69. The first kappa shape index (κ1) is 21.2. The topological polar surface area (TPSA) is 66.7 Å². The fraction of sp³-hybridized carbons (Fsp3) is 0.412. The standard InChI is InChI=1S/C17H20BrF2N3OS2/c1-17(2,3)26(21,24)14(7-10-5-11(19)8-12(20)6-10)15-13(18)9-22-16(23-15)25-4/h5-6,8-9,14,21H,7H2,1-4H3/t14-,26?/m0/s1. The van der Waals surface area contributed by atoms with Crippen molar-refractivity contribution in [1.29, 1.82) is 4.78 Å². The molecule has 142 valence electrons. The average molecular weight is 464 g/mol. The summed E-state index contributed by atoms with van der Waals surface area (Å²) in [5.41, 5.74) is 0.733. The van der Waals surface area contributed by atoms with Gasteiger partial charge in [0.25, 0.3) is 0 Å². The van der Waals surface area contributed by atoms with Gasteiger partial charge in [-0.05, 0) is 67.1 Å². The van der Waals surface area contributed by atoms with Crippen molar-refractivity contribution in [3.05, 3.63) is 51.8 Å². The van der Waals surface area contributed by atoms with E-state index in [2.05, 4.69) is 25.9 Å². The molecule has 4 nitrogen and oxygen atoms in total. The van der Waals surface area contributed by atoms with Crippen LogP contribution in [0.2, 0.25) is 0 Å². The quantitative estimate of drug-likeness (QED) is 0.478. The fourth-order valence-electron chi connectivity index (χ4n) is 2.43. The average Bonchev–Trinajstić information content (AvgIpc) is 2.51. The summed E-state index contributed by atoms with van der Waals surface area (Å²) in [5.74, 6) is -1.42. The number of halogens is 3. The van der Waals surface area contributed by atoms with Crippen LogP contribution in [0.15, 0.2) is 34.0 Å². The molecule has 1 N–H and O–H groups in total. The minimum Gasteiger partial charge on any atom is -0.252 e. The van der Waals surface area contributed by atoms with Gasteiger partial charge < -0.3 is 0 Å². The Hall–Kier alpha value is -1.06. The van der Waals surface area contributed by atoms with E-state index in [0.717, 1.165) is 6.07 Å². The Labute approximate surface area is 165 Å². The molecule has 1 heterocycles. The summed E-state index contributed by atoms with van der Waals surface area (Å²) in [7, 11) is -3.24. The van der Waals surface area contributed by atoms with Gasteiger partial charge in [-0.1, -0.05) is 11.8 Å². The smallest absolute Gasteiger partial charge is 0.187 e.